The van der Waals surface area contributed by atoms with Gasteiger partial charge >= 0.3 is 0 Å². The molecule has 19 heavy (non-hydrogen) atoms. The van der Waals surface area contributed by atoms with Gasteiger partial charge in [0.1, 0.15) is 11.9 Å². The van der Waals surface area contributed by atoms with Crippen LogP contribution in [-0.2, 0) is 0 Å². The first kappa shape index (κ1) is 12.9. The van der Waals surface area contributed by atoms with Crippen molar-refractivity contribution in [3.05, 3.63) is 57.3 Å². The number of aromatic nitrogens is 1. The molecule has 1 unspecified atom stereocenters. The molecular formula is C14H11BrClNO2. The van der Waals surface area contributed by atoms with Crippen LogP contribution in [0.25, 0.3) is 0 Å². The topological polar surface area (TPSA) is 42.4 Å². The maximum absolute atomic E-state index is 10.2. The minimum atomic E-state index is -0.577. The molecule has 1 N–H and O–H groups in total. The quantitative estimate of drug-likeness (QED) is 0.851. The van der Waals surface area contributed by atoms with Crippen molar-refractivity contribution in [1.29, 1.82) is 0 Å². The summed E-state index contributed by atoms with van der Waals surface area (Å²) in [5.41, 5.74) is 1.68. The van der Waals surface area contributed by atoms with Gasteiger partial charge in [-0.2, -0.15) is 0 Å². The van der Waals surface area contributed by atoms with Crippen molar-refractivity contribution in [2.24, 2.45) is 0 Å². The molecule has 1 aromatic carbocycles. The van der Waals surface area contributed by atoms with Crippen molar-refractivity contribution in [2.45, 2.75) is 18.6 Å². The fourth-order valence-corrected chi connectivity index (χ4v) is 2.79. The summed E-state index contributed by atoms with van der Waals surface area (Å²) in [4.78, 5) is 4.12. The van der Waals surface area contributed by atoms with E-state index in [0.717, 1.165) is 15.6 Å². The molecule has 0 spiro atoms. The van der Waals surface area contributed by atoms with Crippen molar-refractivity contribution in [3.63, 3.8) is 0 Å². The molecule has 0 saturated heterocycles. The summed E-state index contributed by atoms with van der Waals surface area (Å²) in [7, 11) is 0. The van der Waals surface area contributed by atoms with E-state index >= 15 is 0 Å². The maximum atomic E-state index is 10.2. The molecule has 5 heteroatoms. The zero-order chi connectivity index (χ0) is 13.4. The van der Waals surface area contributed by atoms with Gasteiger partial charge in [-0.05, 0) is 40.2 Å². The Morgan fingerprint density at radius 2 is 2.16 bits per heavy atom. The molecule has 2 heterocycles. The number of aliphatic hydroxyl groups is 1. The summed E-state index contributed by atoms with van der Waals surface area (Å²) < 4.78 is 6.81. The highest BCUT2D eigenvalue weighted by Crippen LogP contribution is 2.41. The van der Waals surface area contributed by atoms with Crippen LogP contribution in [0.2, 0.25) is 5.02 Å². The van der Waals surface area contributed by atoms with Crippen molar-refractivity contribution in [3.8, 4) is 5.75 Å². The lowest BCUT2D eigenvalue weighted by atomic mass is 9.96. The first-order chi connectivity index (χ1) is 9.13. The molecule has 1 aromatic heterocycles. The summed E-state index contributed by atoms with van der Waals surface area (Å²) in [6.07, 6.45) is 3.19. The number of hydrogen-bond donors (Lipinski definition) is 1. The summed E-state index contributed by atoms with van der Waals surface area (Å²) in [5.74, 6) is 0.674. The zero-order valence-electron chi connectivity index (χ0n) is 9.88. The average molecular weight is 341 g/mol. The molecule has 1 aliphatic heterocycles. The Bertz CT molecular complexity index is 620. The fraction of sp³-hybridized carbons (Fsp3) is 0.214. The van der Waals surface area contributed by atoms with Gasteiger partial charge in [0.25, 0.3) is 0 Å². The van der Waals surface area contributed by atoms with Crippen molar-refractivity contribution in [1.82, 2.24) is 4.98 Å². The lowest BCUT2D eigenvalue weighted by Crippen LogP contribution is -2.19. The molecule has 0 saturated carbocycles. The molecule has 2 aromatic rings. The van der Waals surface area contributed by atoms with E-state index in [2.05, 4.69) is 20.9 Å². The third kappa shape index (κ3) is 2.61. The average Bonchev–Trinajstić information content (AvgIpc) is 2.39. The Hall–Kier alpha value is -1.10. The van der Waals surface area contributed by atoms with E-state index in [1.165, 1.54) is 0 Å². The van der Waals surface area contributed by atoms with Gasteiger partial charge in [0.05, 0.1) is 6.10 Å². The van der Waals surface area contributed by atoms with Crippen LogP contribution in [-0.4, -0.2) is 10.1 Å². The standard InChI is InChI=1S/C14H11BrClNO2/c15-9-3-8(6-17-7-9)14-5-12(18)11-4-10(16)1-2-13(11)19-14/h1-4,6-7,12,14,18H,5H2/t12-,14?/m0/s1. The molecular weight excluding hydrogens is 330 g/mol. The lowest BCUT2D eigenvalue weighted by molar-refractivity contribution is 0.0656. The molecule has 1 aliphatic rings. The van der Waals surface area contributed by atoms with E-state index in [0.29, 0.717) is 17.2 Å². The van der Waals surface area contributed by atoms with E-state index < -0.39 is 6.10 Å². The second-order valence-corrected chi connectivity index (χ2v) is 5.83. The minimum absolute atomic E-state index is 0.200. The Balaban J connectivity index is 1.95. The number of hydrogen-bond acceptors (Lipinski definition) is 3. The summed E-state index contributed by atoms with van der Waals surface area (Å²) in [6, 6.07) is 7.25. The largest absolute Gasteiger partial charge is 0.485 e. The van der Waals surface area contributed by atoms with Crippen LogP contribution in [0.4, 0.5) is 0 Å². The van der Waals surface area contributed by atoms with Crippen LogP contribution in [0, 0.1) is 0 Å². The molecule has 0 fully saturated rings. The smallest absolute Gasteiger partial charge is 0.128 e. The SMILES string of the molecule is O[C@H]1CC(c2cncc(Br)c2)Oc2ccc(Cl)cc21. The molecule has 3 rings (SSSR count). The first-order valence-electron chi connectivity index (χ1n) is 5.88. The minimum Gasteiger partial charge on any atom is -0.485 e. The number of ether oxygens (including phenoxy) is 1. The number of halogens is 2. The number of nitrogens with zero attached hydrogens (tertiary/aromatic N) is 1. The van der Waals surface area contributed by atoms with Crippen molar-refractivity contribution >= 4 is 27.5 Å². The molecule has 0 radical (unpaired) electrons. The second kappa shape index (κ2) is 5.12. The van der Waals surface area contributed by atoms with Gasteiger partial charge in [-0.15, -0.1) is 0 Å². The summed E-state index contributed by atoms with van der Waals surface area (Å²) in [5, 5.41) is 10.8. The Kier molecular flexibility index (Phi) is 3.48. The zero-order valence-corrected chi connectivity index (χ0v) is 12.2. The van der Waals surface area contributed by atoms with Crippen LogP contribution in [0.15, 0.2) is 41.1 Å². The third-order valence-electron chi connectivity index (χ3n) is 3.14. The van der Waals surface area contributed by atoms with Crippen LogP contribution >= 0.6 is 27.5 Å². The van der Waals surface area contributed by atoms with Gasteiger partial charge in [0, 0.05) is 39.4 Å². The molecule has 0 aliphatic carbocycles. The summed E-state index contributed by atoms with van der Waals surface area (Å²) in [6.45, 7) is 0. The van der Waals surface area contributed by atoms with Crippen LogP contribution in [0.1, 0.15) is 29.8 Å². The number of benzene rings is 1. The highest BCUT2D eigenvalue weighted by Gasteiger charge is 2.28. The van der Waals surface area contributed by atoms with Crippen molar-refractivity contribution < 1.29 is 9.84 Å². The van der Waals surface area contributed by atoms with Gasteiger partial charge in [-0.3, -0.25) is 4.98 Å². The van der Waals surface area contributed by atoms with E-state index in [-0.39, 0.29) is 6.10 Å². The third-order valence-corrected chi connectivity index (χ3v) is 3.80. The highest BCUT2D eigenvalue weighted by molar-refractivity contribution is 9.10. The van der Waals surface area contributed by atoms with Gasteiger partial charge in [0.2, 0.25) is 0 Å². The highest BCUT2D eigenvalue weighted by atomic mass is 79.9. The monoisotopic (exact) mass is 339 g/mol. The first-order valence-corrected chi connectivity index (χ1v) is 7.05. The van der Waals surface area contributed by atoms with E-state index in [9.17, 15) is 5.11 Å². The predicted octanol–water partition coefficient (Wildman–Crippen LogP) is 4.05. The van der Waals surface area contributed by atoms with Crippen molar-refractivity contribution in [2.75, 3.05) is 0 Å². The Morgan fingerprint density at radius 1 is 1.32 bits per heavy atom. The normalized spacial score (nSPS) is 21.6. The maximum Gasteiger partial charge on any atom is 0.128 e. The number of rotatable bonds is 1. The Labute approximate surface area is 124 Å². The summed E-state index contributed by atoms with van der Waals surface area (Å²) >= 11 is 9.32. The molecule has 98 valence electrons. The Morgan fingerprint density at radius 3 is 2.95 bits per heavy atom. The number of fused-ring (bicyclic) bond motifs is 1. The molecule has 3 nitrogen and oxygen atoms in total. The van der Waals surface area contributed by atoms with Crippen LogP contribution in [0.3, 0.4) is 0 Å². The lowest BCUT2D eigenvalue weighted by Gasteiger charge is -2.29. The predicted molar refractivity (Wildman–Crippen MR) is 76.3 cm³/mol. The fourth-order valence-electron chi connectivity index (χ4n) is 2.23. The van der Waals surface area contributed by atoms with Gasteiger partial charge < -0.3 is 9.84 Å². The number of aliphatic hydroxyl groups excluding tert-OH is 1. The van der Waals surface area contributed by atoms with Gasteiger partial charge in [0.15, 0.2) is 0 Å². The van der Waals surface area contributed by atoms with E-state index in [4.69, 9.17) is 16.3 Å². The molecule has 0 bridgehead atoms. The molecule has 0 amide bonds. The van der Waals surface area contributed by atoms with E-state index in [1.54, 1.807) is 30.6 Å². The number of pyridine rings is 1. The van der Waals surface area contributed by atoms with Crippen LogP contribution < -0.4 is 4.74 Å². The second-order valence-electron chi connectivity index (χ2n) is 4.48. The van der Waals surface area contributed by atoms with Gasteiger partial charge in [-0.1, -0.05) is 11.6 Å². The molecule has 2 atom stereocenters. The van der Waals surface area contributed by atoms with Crippen LogP contribution in [0.5, 0.6) is 5.75 Å². The van der Waals surface area contributed by atoms with E-state index in [1.807, 2.05) is 6.07 Å². The van der Waals surface area contributed by atoms with Gasteiger partial charge in [-0.25, -0.2) is 0 Å².